The minimum absolute atomic E-state index is 0.104. The molecule has 5 heteroatoms. The van der Waals surface area contributed by atoms with E-state index in [4.69, 9.17) is 15.2 Å². The molecule has 0 aliphatic heterocycles. The number of hydrogen-bond acceptors (Lipinski definition) is 5. The fourth-order valence-corrected chi connectivity index (χ4v) is 2.39. The quantitative estimate of drug-likeness (QED) is 0.691. The van der Waals surface area contributed by atoms with E-state index in [0.29, 0.717) is 29.4 Å². The number of rotatable bonds is 7. The molecule has 1 atom stereocenters. The van der Waals surface area contributed by atoms with E-state index in [-0.39, 0.29) is 6.54 Å². The van der Waals surface area contributed by atoms with Gasteiger partial charge in [0.1, 0.15) is 6.61 Å². The second-order valence-electron chi connectivity index (χ2n) is 5.49. The van der Waals surface area contributed by atoms with Gasteiger partial charge in [-0.05, 0) is 23.8 Å². The zero-order valence-corrected chi connectivity index (χ0v) is 13.7. The largest absolute Gasteiger partial charge is 0.485 e. The second kappa shape index (κ2) is 8.28. The lowest BCUT2D eigenvalue weighted by Crippen LogP contribution is -2.12. The van der Waals surface area contributed by atoms with E-state index < -0.39 is 6.10 Å². The number of nitrogens with two attached hydrogens (primary N) is 1. The second-order valence-corrected chi connectivity index (χ2v) is 5.49. The molecule has 1 unspecified atom stereocenters. The molecule has 128 valence electrons. The molecule has 0 saturated heterocycles. The third kappa shape index (κ3) is 4.35. The lowest BCUT2D eigenvalue weighted by Gasteiger charge is -2.16. The zero-order valence-electron chi connectivity index (χ0n) is 13.7. The van der Waals surface area contributed by atoms with Crippen LogP contribution in [0, 0.1) is 0 Å². The predicted molar refractivity (Wildman–Crippen MR) is 95.5 cm³/mol. The van der Waals surface area contributed by atoms with Crippen LogP contribution in [0.15, 0.2) is 73.1 Å². The summed E-state index contributed by atoms with van der Waals surface area (Å²) in [5.74, 6) is 1.62. The van der Waals surface area contributed by atoms with Crippen molar-refractivity contribution in [2.24, 2.45) is 5.73 Å². The first-order chi connectivity index (χ1) is 12.3. The molecule has 3 N–H and O–H groups in total. The molecule has 2 aromatic carbocycles. The van der Waals surface area contributed by atoms with E-state index in [1.54, 1.807) is 18.5 Å². The van der Waals surface area contributed by atoms with E-state index in [1.165, 1.54) is 0 Å². The molecular weight excluding hydrogens is 316 g/mol. The molecule has 3 aromatic rings. The smallest absolute Gasteiger partial charge is 0.169 e. The number of ether oxygens (including phenoxy) is 2. The van der Waals surface area contributed by atoms with Crippen LogP contribution in [0.25, 0.3) is 0 Å². The van der Waals surface area contributed by atoms with Gasteiger partial charge in [0.25, 0.3) is 0 Å². The van der Waals surface area contributed by atoms with E-state index >= 15 is 0 Å². The number of aliphatic hydroxyl groups is 1. The van der Waals surface area contributed by atoms with Crippen LogP contribution >= 0.6 is 0 Å². The Morgan fingerprint density at radius 2 is 1.64 bits per heavy atom. The normalized spacial score (nSPS) is 11.8. The van der Waals surface area contributed by atoms with Gasteiger partial charge in [-0.3, -0.25) is 4.98 Å². The summed E-state index contributed by atoms with van der Waals surface area (Å²) in [6, 6.07) is 19.0. The summed E-state index contributed by atoms with van der Waals surface area (Å²) in [5, 5.41) is 10.0. The Labute approximate surface area is 146 Å². The van der Waals surface area contributed by atoms with Gasteiger partial charge in [-0.1, -0.05) is 42.5 Å². The first-order valence-electron chi connectivity index (χ1n) is 8.03. The standard InChI is InChI=1S/C20H20N2O3/c21-12-17(23)16-10-11-22-13-20(16)25-19-9-5-4-8-18(19)24-14-15-6-2-1-3-7-15/h1-11,13,17,23H,12,14,21H2. The summed E-state index contributed by atoms with van der Waals surface area (Å²) >= 11 is 0. The van der Waals surface area contributed by atoms with Gasteiger partial charge in [-0.15, -0.1) is 0 Å². The highest BCUT2D eigenvalue weighted by molar-refractivity contribution is 5.44. The van der Waals surface area contributed by atoms with Gasteiger partial charge in [-0.25, -0.2) is 0 Å². The van der Waals surface area contributed by atoms with Crippen LogP contribution in [-0.4, -0.2) is 16.6 Å². The number of aromatic nitrogens is 1. The van der Waals surface area contributed by atoms with Gasteiger partial charge < -0.3 is 20.3 Å². The lowest BCUT2D eigenvalue weighted by atomic mass is 10.1. The van der Waals surface area contributed by atoms with E-state index in [2.05, 4.69) is 4.98 Å². The van der Waals surface area contributed by atoms with Crippen molar-refractivity contribution in [1.82, 2.24) is 4.98 Å². The third-order valence-electron chi connectivity index (χ3n) is 3.70. The van der Waals surface area contributed by atoms with Crippen LogP contribution in [-0.2, 0) is 6.61 Å². The maximum atomic E-state index is 10.0. The molecule has 0 radical (unpaired) electrons. The monoisotopic (exact) mass is 336 g/mol. The first kappa shape index (κ1) is 17.0. The molecule has 0 fully saturated rings. The van der Waals surface area contributed by atoms with Crippen molar-refractivity contribution in [2.45, 2.75) is 12.7 Å². The summed E-state index contributed by atoms with van der Waals surface area (Å²) in [6.07, 6.45) is 2.34. The van der Waals surface area contributed by atoms with Crippen molar-refractivity contribution in [3.8, 4) is 17.2 Å². The molecule has 3 rings (SSSR count). The van der Waals surface area contributed by atoms with Gasteiger partial charge in [0.05, 0.1) is 12.3 Å². The molecule has 0 aliphatic carbocycles. The van der Waals surface area contributed by atoms with Crippen molar-refractivity contribution >= 4 is 0 Å². The minimum Gasteiger partial charge on any atom is -0.485 e. The van der Waals surface area contributed by atoms with E-state index in [0.717, 1.165) is 5.56 Å². The van der Waals surface area contributed by atoms with Gasteiger partial charge in [-0.2, -0.15) is 0 Å². The van der Waals surface area contributed by atoms with Crippen molar-refractivity contribution in [2.75, 3.05) is 6.54 Å². The van der Waals surface area contributed by atoms with Gasteiger partial charge in [0, 0.05) is 18.3 Å². The first-order valence-corrected chi connectivity index (χ1v) is 8.03. The topological polar surface area (TPSA) is 77.6 Å². The number of pyridine rings is 1. The summed E-state index contributed by atoms with van der Waals surface area (Å²) in [6.45, 7) is 0.541. The van der Waals surface area contributed by atoms with Gasteiger partial charge in [0.15, 0.2) is 17.2 Å². The van der Waals surface area contributed by atoms with Crippen LogP contribution < -0.4 is 15.2 Å². The number of para-hydroxylation sites is 2. The van der Waals surface area contributed by atoms with Crippen molar-refractivity contribution in [3.63, 3.8) is 0 Å². The molecule has 1 aromatic heterocycles. The highest BCUT2D eigenvalue weighted by Crippen LogP contribution is 2.34. The summed E-state index contributed by atoms with van der Waals surface area (Å²) in [4.78, 5) is 4.06. The molecule has 0 saturated carbocycles. The van der Waals surface area contributed by atoms with Gasteiger partial charge in [0.2, 0.25) is 0 Å². The number of hydrogen-bond donors (Lipinski definition) is 2. The Kier molecular flexibility index (Phi) is 5.61. The Bertz CT molecular complexity index is 809. The third-order valence-corrected chi connectivity index (χ3v) is 3.70. The molecule has 25 heavy (non-hydrogen) atoms. The van der Waals surface area contributed by atoms with Crippen molar-refractivity contribution < 1.29 is 14.6 Å². The van der Waals surface area contributed by atoms with E-state index in [1.807, 2.05) is 54.6 Å². The van der Waals surface area contributed by atoms with E-state index in [9.17, 15) is 5.11 Å². The molecule has 0 bridgehead atoms. The van der Waals surface area contributed by atoms with Crippen LogP contribution in [0.2, 0.25) is 0 Å². The maximum Gasteiger partial charge on any atom is 0.169 e. The zero-order chi connectivity index (χ0) is 17.5. The number of aliphatic hydroxyl groups excluding tert-OH is 1. The van der Waals surface area contributed by atoms with Crippen molar-refractivity contribution in [3.05, 3.63) is 84.2 Å². The van der Waals surface area contributed by atoms with Crippen LogP contribution in [0.5, 0.6) is 17.2 Å². The molecule has 1 heterocycles. The summed E-state index contributed by atoms with van der Waals surface area (Å²) < 4.78 is 11.8. The molecular formula is C20H20N2O3. The van der Waals surface area contributed by atoms with Gasteiger partial charge >= 0.3 is 0 Å². The predicted octanol–water partition coefficient (Wildman–Crippen LogP) is 3.45. The average molecular weight is 336 g/mol. The Hall–Kier alpha value is -2.89. The molecule has 0 aliphatic rings. The Morgan fingerprint density at radius 1 is 0.920 bits per heavy atom. The van der Waals surface area contributed by atoms with Crippen LogP contribution in [0.3, 0.4) is 0 Å². The number of nitrogens with zero attached hydrogens (tertiary/aromatic N) is 1. The summed E-state index contributed by atoms with van der Waals surface area (Å²) in [5.41, 5.74) is 7.22. The van der Waals surface area contributed by atoms with Crippen LogP contribution in [0.1, 0.15) is 17.2 Å². The van der Waals surface area contributed by atoms with Crippen LogP contribution in [0.4, 0.5) is 0 Å². The highest BCUT2D eigenvalue weighted by Gasteiger charge is 2.14. The Morgan fingerprint density at radius 3 is 2.40 bits per heavy atom. The minimum atomic E-state index is -0.810. The summed E-state index contributed by atoms with van der Waals surface area (Å²) in [7, 11) is 0. The SMILES string of the molecule is NCC(O)c1ccncc1Oc1ccccc1OCc1ccccc1. The highest BCUT2D eigenvalue weighted by atomic mass is 16.5. The molecule has 0 spiro atoms. The Balaban J connectivity index is 1.80. The maximum absolute atomic E-state index is 10.0. The molecule has 0 amide bonds. The fourth-order valence-electron chi connectivity index (χ4n) is 2.39. The van der Waals surface area contributed by atoms with Crippen molar-refractivity contribution in [1.29, 1.82) is 0 Å². The number of benzene rings is 2. The fraction of sp³-hybridized carbons (Fsp3) is 0.150. The average Bonchev–Trinajstić information content (AvgIpc) is 2.68. The lowest BCUT2D eigenvalue weighted by molar-refractivity contribution is 0.183. The molecule has 5 nitrogen and oxygen atoms in total.